The summed E-state index contributed by atoms with van der Waals surface area (Å²) in [6, 6.07) is 7.84. The molecule has 0 aromatic heterocycles. The van der Waals surface area contributed by atoms with Gasteiger partial charge in [0.15, 0.2) is 0 Å². The molecule has 0 spiro atoms. The molecule has 0 aliphatic carbocycles. The largest absolute Gasteiger partial charge is 0.389 e. The minimum atomic E-state index is -0.481. The molecule has 0 aliphatic rings. The van der Waals surface area contributed by atoms with Crippen molar-refractivity contribution < 1.29 is 4.39 Å². The fraction of sp³-hybridized carbons (Fsp3) is 0. The van der Waals surface area contributed by atoms with Gasteiger partial charge >= 0.3 is 0 Å². The molecular weight excluding hydrogens is 386 g/mol. The summed E-state index contributed by atoms with van der Waals surface area (Å²) in [5.41, 5.74) is 6.66. The van der Waals surface area contributed by atoms with Gasteiger partial charge in [-0.25, -0.2) is 4.39 Å². The van der Waals surface area contributed by atoms with Gasteiger partial charge in [-0.05, 0) is 46.3 Å². The average Bonchev–Trinajstić information content (AvgIpc) is 2.41. The molecule has 0 saturated carbocycles. The van der Waals surface area contributed by atoms with Crippen molar-refractivity contribution in [2.24, 2.45) is 5.73 Å². The van der Waals surface area contributed by atoms with Crippen molar-refractivity contribution in [1.82, 2.24) is 0 Å². The van der Waals surface area contributed by atoms with Gasteiger partial charge in [0.1, 0.15) is 10.8 Å². The lowest BCUT2D eigenvalue weighted by Crippen LogP contribution is -2.09. The van der Waals surface area contributed by atoms with Gasteiger partial charge in [0, 0.05) is 10.0 Å². The van der Waals surface area contributed by atoms with Crippen molar-refractivity contribution in [3.63, 3.8) is 0 Å². The third-order valence-electron chi connectivity index (χ3n) is 2.56. The Kier molecular flexibility index (Phi) is 4.86. The van der Waals surface area contributed by atoms with Gasteiger partial charge in [0.05, 0.1) is 21.4 Å². The van der Waals surface area contributed by atoms with Crippen molar-refractivity contribution >= 4 is 67.7 Å². The molecule has 0 radical (unpaired) electrons. The van der Waals surface area contributed by atoms with E-state index in [2.05, 4.69) is 21.2 Å². The molecule has 0 amide bonds. The highest BCUT2D eigenvalue weighted by molar-refractivity contribution is 9.10. The first kappa shape index (κ1) is 15.5. The lowest BCUT2D eigenvalue weighted by atomic mass is 10.2. The van der Waals surface area contributed by atoms with E-state index in [0.29, 0.717) is 25.8 Å². The van der Waals surface area contributed by atoms with Crippen LogP contribution in [0.15, 0.2) is 34.8 Å². The minimum Gasteiger partial charge on any atom is -0.389 e. The van der Waals surface area contributed by atoms with Crippen LogP contribution in [0, 0.1) is 5.82 Å². The van der Waals surface area contributed by atoms with E-state index >= 15 is 0 Å². The Morgan fingerprint density at radius 3 is 2.40 bits per heavy atom. The van der Waals surface area contributed by atoms with Crippen LogP contribution in [0.25, 0.3) is 0 Å². The number of anilines is 2. The Morgan fingerprint density at radius 1 is 1.15 bits per heavy atom. The molecule has 0 unspecified atom stereocenters. The van der Waals surface area contributed by atoms with Gasteiger partial charge < -0.3 is 11.1 Å². The van der Waals surface area contributed by atoms with Crippen molar-refractivity contribution in [3.8, 4) is 0 Å². The number of hydrogen-bond acceptors (Lipinski definition) is 2. The Balaban J connectivity index is 2.36. The summed E-state index contributed by atoms with van der Waals surface area (Å²) in [6.45, 7) is 0. The lowest BCUT2D eigenvalue weighted by Gasteiger charge is -2.12. The van der Waals surface area contributed by atoms with Gasteiger partial charge in [-0.3, -0.25) is 0 Å². The highest BCUT2D eigenvalue weighted by atomic mass is 79.9. The van der Waals surface area contributed by atoms with E-state index in [1.54, 1.807) is 18.2 Å². The van der Waals surface area contributed by atoms with E-state index in [0.717, 1.165) is 0 Å². The molecule has 0 aliphatic heterocycles. The summed E-state index contributed by atoms with van der Waals surface area (Å²) in [7, 11) is 0. The first-order chi connectivity index (χ1) is 9.40. The van der Waals surface area contributed by atoms with E-state index in [1.165, 1.54) is 12.1 Å². The molecule has 2 aromatic carbocycles. The molecule has 0 saturated heterocycles. The monoisotopic (exact) mass is 392 g/mol. The van der Waals surface area contributed by atoms with Crippen molar-refractivity contribution in [2.45, 2.75) is 0 Å². The third kappa shape index (κ3) is 3.23. The Bertz CT molecular complexity index is 694. The predicted octanol–water partition coefficient (Wildman–Crippen LogP) is 5.27. The molecule has 7 heteroatoms. The second-order valence-corrected chi connectivity index (χ2v) is 5.96. The zero-order valence-electron chi connectivity index (χ0n) is 9.88. The minimum absolute atomic E-state index is 0.139. The fourth-order valence-corrected chi connectivity index (χ4v) is 2.49. The summed E-state index contributed by atoms with van der Waals surface area (Å²) >= 11 is 20.2. The molecule has 20 heavy (non-hydrogen) atoms. The first-order valence-electron chi connectivity index (χ1n) is 5.40. The van der Waals surface area contributed by atoms with E-state index in [1.807, 2.05) is 0 Å². The quantitative estimate of drug-likeness (QED) is 0.550. The molecule has 2 nitrogen and oxygen atoms in total. The highest BCUT2D eigenvalue weighted by Crippen LogP contribution is 2.37. The van der Waals surface area contributed by atoms with Gasteiger partial charge in [-0.1, -0.05) is 35.4 Å². The van der Waals surface area contributed by atoms with E-state index in [-0.39, 0.29) is 10.7 Å². The van der Waals surface area contributed by atoms with E-state index in [9.17, 15) is 4.39 Å². The fourth-order valence-electron chi connectivity index (χ4n) is 1.54. The second kappa shape index (κ2) is 6.26. The molecular formula is C13H8BrCl2FN2S. The van der Waals surface area contributed by atoms with Crippen molar-refractivity contribution in [2.75, 3.05) is 5.32 Å². The first-order valence-corrected chi connectivity index (χ1v) is 7.35. The molecule has 104 valence electrons. The summed E-state index contributed by atoms with van der Waals surface area (Å²) in [6.07, 6.45) is 0. The van der Waals surface area contributed by atoms with Crippen molar-refractivity contribution in [1.29, 1.82) is 0 Å². The van der Waals surface area contributed by atoms with Gasteiger partial charge in [-0.15, -0.1) is 0 Å². The smallest absolute Gasteiger partial charge is 0.147 e. The Hall–Kier alpha value is -0.880. The molecule has 0 heterocycles. The van der Waals surface area contributed by atoms with Gasteiger partial charge in [0.25, 0.3) is 0 Å². The normalized spacial score (nSPS) is 10.4. The zero-order valence-corrected chi connectivity index (χ0v) is 13.8. The Morgan fingerprint density at radius 2 is 1.80 bits per heavy atom. The third-order valence-corrected chi connectivity index (χ3v) is 4.56. The predicted molar refractivity (Wildman–Crippen MR) is 89.7 cm³/mol. The van der Waals surface area contributed by atoms with Crippen LogP contribution >= 0.6 is 51.3 Å². The Labute approximate surface area is 139 Å². The maximum atomic E-state index is 13.9. The van der Waals surface area contributed by atoms with Crippen LogP contribution in [0.5, 0.6) is 0 Å². The molecule has 0 fully saturated rings. The number of rotatable bonds is 3. The van der Waals surface area contributed by atoms with Gasteiger partial charge in [-0.2, -0.15) is 0 Å². The standard InChI is InChI=1S/C13H8BrCl2FN2S/c14-7-2-4-10(12(16)11(7)15)19-9-3-1-6(13(18)20)5-8(9)17/h1-5,19H,(H2,18,20). The summed E-state index contributed by atoms with van der Waals surface area (Å²) in [5, 5.41) is 3.54. The second-order valence-electron chi connectivity index (χ2n) is 3.91. The highest BCUT2D eigenvalue weighted by Gasteiger charge is 2.11. The molecule has 0 bridgehead atoms. The van der Waals surface area contributed by atoms with Crippen LogP contribution in [0.3, 0.4) is 0 Å². The average molecular weight is 394 g/mol. The SMILES string of the molecule is NC(=S)c1ccc(Nc2ccc(Br)c(Cl)c2Cl)c(F)c1. The molecule has 3 N–H and O–H groups in total. The van der Waals surface area contributed by atoms with Crippen molar-refractivity contribution in [3.05, 3.63) is 56.2 Å². The van der Waals surface area contributed by atoms with Crippen LogP contribution in [0.1, 0.15) is 5.56 Å². The summed E-state index contributed by atoms with van der Waals surface area (Å²) in [4.78, 5) is 0.139. The number of nitrogens with two attached hydrogens (primary N) is 1. The molecule has 0 atom stereocenters. The lowest BCUT2D eigenvalue weighted by molar-refractivity contribution is 0.631. The number of hydrogen-bond donors (Lipinski definition) is 2. The number of thiocarbonyl (C=S) groups is 1. The number of halogens is 4. The van der Waals surface area contributed by atoms with Crippen LogP contribution < -0.4 is 11.1 Å². The van der Waals surface area contributed by atoms with E-state index in [4.69, 9.17) is 41.2 Å². The summed E-state index contributed by atoms with van der Waals surface area (Å²) < 4.78 is 14.6. The maximum absolute atomic E-state index is 13.9. The molecule has 2 aromatic rings. The van der Waals surface area contributed by atoms with Gasteiger partial charge in [0.2, 0.25) is 0 Å². The summed E-state index contributed by atoms with van der Waals surface area (Å²) in [5.74, 6) is -0.481. The van der Waals surface area contributed by atoms with Crippen LogP contribution in [-0.2, 0) is 0 Å². The van der Waals surface area contributed by atoms with Crippen LogP contribution in [0.4, 0.5) is 15.8 Å². The van der Waals surface area contributed by atoms with Crippen LogP contribution in [0.2, 0.25) is 10.0 Å². The van der Waals surface area contributed by atoms with E-state index < -0.39 is 5.82 Å². The molecule has 2 rings (SSSR count). The zero-order chi connectivity index (χ0) is 14.9. The number of benzene rings is 2. The number of nitrogens with one attached hydrogen (secondary N) is 1. The maximum Gasteiger partial charge on any atom is 0.147 e. The topological polar surface area (TPSA) is 38.0 Å². The van der Waals surface area contributed by atoms with Crippen LogP contribution in [-0.4, -0.2) is 4.99 Å².